The van der Waals surface area contributed by atoms with Gasteiger partial charge in [-0.3, -0.25) is 24.5 Å². The number of nitro benzene ring substituents is 1. The summed E-state index contributed by atoms with van der Waals surface area (Å²) in [6, 6.07) is 14.7. The second-order valence-corrected chi connectivity index (χ2v) is 7.50. The van der Waals surface area contributed by atoms with Gasteiger partial charge in [0.2, 0.25) is 5.82 Å². The zero-order chi connectivity index (χ0) is 25.3. The largest absolute Gasteiger partial charge is 0.449 e. The maximum absolute atomic E-state index is 13.5. The fourth-order valence-electron chi connectivity index (χ4n) is 3.45. The summed E-state index contributed by atoms with van der Waals surface area (Å²) in [5.74, 6) is -3.84. The molecular formula is C24H16FN3O7. The smallest absolute Gasteiger partial charge is 0.338 e. The Kier molecular flexibility index (Phi) is 6.07. The maximum atomic E-state index is 13.5. The molecule has 176 valence electrons. The normalized spacial score (nSPS) is 13.3. The second-order valence-electron chi connectivity index (χ2n) is 7.50. The number of amides is 3. The number of fused-ring (bicyclic) bond motifs is 1. The van der Waals surface area contributed by atoms with Crippen LogP contribution in [-0.2, 0) is 9.53 Å². The molecule has 1 N–H and O–H groups in total. The van der Waals surface area contributed by atoms with Gasteiger partial charge in [-0.1, -0.05) is 18.2 Å². The molecule has 0 aromatic heterocycles. The SMILES string of the molecule is CC(OC(=O)c1cccc(N2C(=O)c3ccccc3C2=O)c1)C(=O)Nc1ccc(F)c([N+](=O)[O-])c1. The van der Waals surface area contributed by atoms with Crippen molar-refractivity contribution in [1.82, 2.24) is 0 Å². The number of halogens is 1. The molecule has 1 aliphatic rings. The van der Waals surface area contributed by atoms with Crippen LogP contribution in [0.2, 0.25) is 0 Å². The average Bonchev–Trinajstić information content (AvgIpc) is 3.10. The lowest BCUT2D eigenvalue weighted by Gasteiger charge is -2.16. The summed E-state index contributed by atoms with van der Waals surface area (Å²) in [5.41, 5.74) is -0.248. The Morgan fingerprint density at radius 2 is 1.66 bits per heavy atom. The van der Waals surface area contributed by atoms with Crippen LogP contribution in [0.5, 0.6) is 0 Å². The Labute approximate surface area is 197 Å². The summed E-state index contributed by atoms with van der Waals surface area (Å²) >= 11 is 0. The van der Waals surface area contributed by atoms with Crippen LogP contribution < -0.4 is 10.2 Å². The molecule has 10 nitrogen and oxygen atoms in total. The van der Waals surface area contributed by atoms with E-state index in [2.05, 4.69) is 5.32 Å². The Bertz CT molecular complexity index is 1370. The predicted molar refractivity (Wildman–Crippen MR) is 121 cm³/mol. The van der Waals surface area contributed by atoms with Crippen LogP contribution in [0.4, 0.5) is 21.5 Å². The van der Waals surface area contributed by atoms with Crippen molar-refractivity contribution in [3.8, 4) is 0 Å². The lowest BCUT2D eigenvalue weighted by molar-refractivity contribution is -0.387. The van der Waals surface area contributed by atoms with Gasteiger partial charge < -0.3 is 10.1 Å². The Morgan fingerprint density at radius 1 is 1.00 bits per heavy atom. The van der Waals surface area contributed by atoms with Crippen LogP contribution in [0.25, 0.3) is 0 Å². The number of esters is 1. The van der Waals surface area contributed by atoms with E-state index in [-0.39, 0.29) is 28.1 Å². The van der Waals surface area contributed by atoms with Gasteiger partial charge in [-0.25, -0.2) is 9.69 Å². The first-order valence-electron chi connectivity index (χ1n) is 10.2. The molecule has 1 aliphatic heterocycles. The summed E-state index contributed by atoms with van der Waals surface area (Å²) < 4.78 is 18.6. The van der Waals surface area contributed by atoms with Crippen molar-refractivity contribution < 1.29 is 33.2 Å². The van der Waals surface area contributed by atoms with Crippen molar-refractivity contribution in [3.63, 3.8) is 0 Å². The fourth-order valence-corrected chi connectivity index (χ4v) is 3.45. The Balaban J connectivity index is 1.46. The van der Waals surface area contributed by atoms with E-state index in [0.717, 1.165) is 23.1 Å². The zero-order valence-corrected chi connectivity index (χ0v) is 18.1. The molecule has 3 aromatic rings. The van der Waals surface area contributed by atoms with Crippen molar-refractivity contribution in [2.45, 2.75) is 13.0 Å². The summed E-state index contributed by atoms with van der Waals surface area (Å²) in [4.78, 5) is 61.2. The molecule has 4 rings (SSSR count). The van der Waals surface area contributed by atoms with E-state index in [1.807, 2.05) is 0 Å². The highest BCUT2D eigenvalue weighted by atomic mass is 19.1. The second kappa shape index (κ2) is 9.14. The van der Waals surface area contributed by atoms with E-state index in [9.17, 15) is 33.7 Å². The van der Waals surface area contributed by atoms with Gasteiger partial charge >= 0.3 is 11.7 Å². The molecule has 1 atom stereocenters. The van der Waals surface area contributed by atoms with E-state index in [4.69, 9.17) is 4.74 Å². The standard InChI is InChI=1S/C24H16FN3O7/c1-13(21(29)26-15-9-10-19(25)20(12-15)28(33)34)35-24(32)14-5-4-6-16(11-14)27-22(30)17-7-2-3-8-18(17)23(27)31/h2-13H,1H3,(H,26,29). The summed E-state index contributed by atoms with van der Waals surface area (Å²) in [7, 11) is 0. The summed E-state index contributed by atoms with van der Waals surface area (Å²) in [6.45, 7) is 1.28. The summed E-state index contributed by atoms with van der Waals surface area (Å²) in [5, 5.41) is 13.2. The molecule has 0 radical (unpaired) electrons. The minimum atomic E-state index is -1.32. The third kappa shape index (κ3) is 4.47. The molecule has 0 spiro atoms. The monoisotopic (exact) mass is 477 g/mol. The number of imide groups is 1. The maximum Gasteiger partial charge on any atom is 0.338 e. The summed E-state index contributed by atoms with van der Waals surface area (Å²) in [6.07, 6.45) is -1.32. The molecule has 3 aromatic carbocycles. The van der Waals surface area contributed by atoms with Crippen molar-refractivity contribution in [1.29, 1.82) is 0 Å². The van der Waals surface area contributed by atoms with E-state index in [0.29, 0.717) is 0 Å². The van der Waals surface area contributed by atoms with E-state index >= 15 is 0 Å². The predicted octanol–water partition coefficient (Wildman–Crippen LogP) is 3.72. The van der Waals surface area contributed by atoms with Gasteiger partial charge in [-0.15, -0.1) is 0 Å². The highest BCUT2D eigenvalue weighted by Gasteiger charge is 2.36. The topological polar surface area (TPSA) is 136 Å². The number of ether oxygens (including phenoxy) is 1. The molecule has 3 amide bonds. The third-order valence-electron chi connectivity index (χ3n) is 5.20. The highest BCUT2D eigenvalue weighted by Crippen LogP contribution is 2.29. The molecular weight excluding hydrogens is 461 g/mol. The first kappa shape index (κ1) is 23.2. The number of benzene rings is 3. The first-order chi connectivity index (χ1) is 16.7. The number of carbonyl (C=O) groups excluding carboxylic acids is 4. The number of anilines is 2. The molecule has 0 saturated heterocycles. The van der Waals surface area contributed by atoms with Crippen LogP contribution in [0, 0.1) is 15.9 Å². The molecule has 1 unspecified atom stereocenters. The number of hydrogen-bond donors (Lipinski definition) is 1. The minimum Gasteiger partial charge on any atom is -0.449 e. The fraction of sp³-hybridized carbons (Fsp3) is 0.0833. The van der Waals surface area contributed by atoms with Crippen LogP contribution in [-0.4, -0.2) is 34.7 Å². The van der Waals surface area contributed by atoms with Crippen molar-refractivity contribution in [2.24, 2.45) is 0 Å². The van der Waals surface area contributed by atoms with Gasteiger partial charge in [0, 0.05) is 11.8 Å². The quantitative estimate of drug-likeness (QED) is 0.247. The molecule has 0 saturated carbocycles. The van der Waals surface area contributed by atoms with Gasteiger partial charge in [0.25, 0.3) is 17.7 Å². The van der Waals surface area contributed by atoms with Gasteiger partial charge in [-0.2, -0.15) is 4.39 Å². The number of carbonyl (C=O) groups is 4. The minimum absolute atomic E-state index is 0.0175. The molecule has 1 heterocycles. The van der Waals surface area contributed by atoms with E-state index < -0.39 is 46.2 Å². The lowest BCUT2D eigenvalue weighted by atomic mass is 10.1. The van der Waals surface area contributed by atoms with Crippen molar-refractivity contribution >= 4 is 40.8 Å². The van der Waals surface area contributed by atoms with E-state index in [1.54, 1.807) is 12.1 Å². The van der Waals surface area contributed by atoms with E-state index in [1.165, 1.54) is 43.3 Å². The Hall–Kier alpha value is -4.93. The third-order valence-corrected chi connectivity index (χ3v) is 5.20. The first-order valence-corrected chi connectivity index (χ1v) is 10.2. The number of nitro groups is 1. The van der Waals surface area contributed by atoms with Crippen molar-refractivity contribution in [2.75, 3.05) is 10.2 Å². The van der Waals surface area contributed by atoms with Gasteiger partial charge in [-0.05, 0) is 49.4 Å². The van der Waals surface area contributed by atoms with Crippen LogP contribution in [0.15, 0.2) is 66.7 Å². The zero-order valence-electron chi connectivity index (χ0n) is 18.1. The highest BCUT2D eigenvalue weighted by molar-refractivity contribution is 6.34. The van der Waals surface area contributed by atoms with Crippen LogP contribution in [0.3, 0.4) is 0 Å². The molecule has 11 heteroatoms. The van der Waals surface area contributed by atoms with Crippen LogP contribution in [0.1, 0.15) is 38.0 Å². The number of rotatable bonds is 6. The molecule has 0 bridgehead atoms. The molecule has 0 fully saturated rings. The average molecular weight is 477 g/mol. The number of hydrogen-bond acceptors (Lipinski definition) is 7. The van der Waals surface area contributed by atoms with Crippen LogP contribution >= 0.6 is 0 Å². The lowest BCUT2D eigenvalue weighted by Crippen LogP contribution is -2.31. The molecule has 0 aliphatic carbocycles. The number of nitrogens with one attached hydrogen (secondary N) is 1. The number of nitrogens with zero attached hydrogens (tertiary/aromatic N) is 2. The van der Waals surface area contributed by atoms with Gasteiger partial charge in [0.1, 0.15) is 0 Å². The van der Waals surface area contributed by atoms with Gasteiger partial charge in [0.15, 0.2) is 6.10 Å². The van der Waals surface area contributed by atoms with Gasteiger partial charge in [0.05, 0.1) is 27.3 Å². The Morgan fingerprint density at radius 3 is 2.29 bits per heavy atom. The van der Waals surface area contributed by atoms with Crippen molar-refractivity contribution in [3.05, 3.63) is 99.4 Å². The molecule has 35 heavy (non-hydrogen) atoms.